The van der Waals surface area contributed by atoms with Gasteiger partial charge in [0.25, 0.3) is 11.7 Å². The highest BCUT2D eigenvalue weighted by molar-refractivity contribution is 7.98. The van der Waals surface area contributed by atoms with Gasteiger partial charge in [-0.05, 0) is 31.2 Å². The lowest BCUT2D eigenvalue weighted by Crippen LogP contribution is -2.31. The molecule has 1 heterocycles. The lowest BCUT2D eigenvalue weighted by atomic mass is 10.1. The molecule has 1 amide bonds. The molecule has 0 fully saturated rings. The quantitative estimate of drug-likeness (QED) is 0.676. The van der Waals surface area contributed by atoms with E-state index in [4.69, 9.17) is 4.42 Å². The second kappa shape index (κ2) is 9.44. The maximum Gasteiger partial charge on any atom is 0.284 e. The van der Waals surface area contributed by atoms with E-state index in [2.05, 4.69) is 10.6 Å². The van der Waals surface area contributed by atoms with Gasteiger partial charge in [-0.15, -0.1) is 0 Å². The largest absolute Gasteiger partial charge is 0.464 e. The summed E-state index contributed by atoms with van der Waals surface area (Å²) in [6.45, 7) is 3.53. The molecule has 4 nitrogen and oxygen atoms in total. The number of rotatable bonds is 9. The van der Waals surface area contributed by atoms with Crippen molar-refractivity contribution in [2.45, 2.75) is 25.0 Å². The highest BCUT2D eigenvalue weighted by Gasteiger charge is 2.07. The number of nitrogens with one attached hydrogen (secondary N) is 2. The minimum Gasteiger partial charge on any atom is -0.464 e. The SMILES string of the molecule is Cc1ccc(C(=O)NCCNCc2ccc(CSC(F)F)o2)cc1. The van der Waals surface area contributed by atoms with Crippen LogP contribution < -0.4 is 10.6 Å². The van der Waals surface area contributed by atoms with Crippen LogP contribution >= 0.6 is 11.8 Å². The summed E-state index contributed by atoms with van der Waals surface area (Å²) >= 11 is 0.537. The van der Waals surface area contributed by atoms with E-state index in [0.717, 1.165) is 5.56 Å². The van der Waals surface area contributed by atoms with Gasteiger partial charge in [0.1, 0.15) is 11.5 Å². The highest BCUT2D eigenvalue weighted by atomic mass is 32.2. The van der Waals surface area contributed by atoms with E-state index in [1.807, 2.05) is 19.1 Å². The standard InChI is InChI=1S/C17H20F2N2O2S/c1-12-2-4-13(5-3-12)16(22)21-9-8-20-10-14-6-7-15(23-14)11-24-17(18)19/h2-7,17,20H,8-11H2,1H3,(H,21,22). The van der Waals surface area contributed by atoms with Gasteiger partial charge in [-0.25, -0.2) is 0 Å². The number of furan rings is 1. The Morgan fingerprint density at radius 2 is 1.83 bits per heavy atom. The third-order valence-electron chi connectivity index (χ3n) is 3.27. The summed E-state index contributed by atoms with van der Waals surface area (Å²) in [6.07, 6.45) is 0. The molecule has 7 heteroatoms. The number of halogens is 2. The van der Waals surface area contributed by atoms with Crippen LogP contribution in [0.1, 0.15) is 27.4 Å². The number of benzene rings is 1. The lowest BCUT2D eigenvalue weighted by Gasteiger charge is -2.06. The molecule has 2 aromatic rings. The number of alkyl halides is 2. The first-order valence-electron chi connectivity index (χ1n) is 7.57. The summed E-state index contributed by atoms with van der Waals surface area (Å²) in [4.78, 5) is 11.9. The van der Waals surface area contributed by atoms with Crippen LogP contribution in [-0.4, -0.2) is 24.8 Å². The Morgan fingerprint density at radius 3 is 2.54 bits per heavy atom. The zero-order valence-electron chi connectivity index (χ0n) is 13.4. The predicted octanol–water partition coefficient (Wildman–Crippen LogP) is 3.56. The summed E-state index contributed by atoms with van der Waals surface area (Å²) in [5.41, 5.74) is 1.74. The van der Waals surface area contributed by atoms with Gasteiger partial charge in [-0.2, -0.15) is 8.78 Å². The van der Waals surface area contributed by atoms with Crippen LogP contribution in [0.3, 0.4) is 0 Å². The Morgan fingerprint density at radius 1 is 1.12 bits per heavy atom. The Labute approximate surface area is 144 Å². The molecule has 1 aromatic heterocycles. The fourth-order valence-electron chi connectivity index (χ4n) is 2.02. The van der Waals surface area contributed by atoms with Gasteiger partial charge in [0.15, 0.2) is 0 Å². The highest BCUT2D eigenvalue weighted by Crippen LogP contribution is 2.21. The van der Waals surface area contributed by atoms with Crippen molar-refractivity contribution in [2.24, 2.45) is 0 Å². The van der Waals surface area contributed by atoms with E-state index < -0.39 is 5.76 Å². The molecule has 0 atom stereocenters. The molecule has 0 aliphatic carbocycles. The number of hydrogen-bond donors (Lipinski definition) is 2. The van der Waals surface area contributed by atoms with Gasteiger partial charge in [-0.1, -0.05) is 29.5 Å². The molecule has 0 spiro atoms. The van der Waals surface area contributed by atoms with Crippen LogP contribution in [0.25, 0.3) is 0 Å². The predicted molar refractivity (Wildman–Crippen MR) is 91.2 cm³/mol. The van der Waals surface area contributed by atoms with Crippen LogP contribution in [-0.2, 0) is 12.3 Å². The fourth-order valence-corrected chi connectivity index (χ4v) is 2.47. The molecular weight excluding hydrogens is 334 g/mol. The number of carbonyl (C=O) groups excluding carboxylic acids is 1. The first kappa shape index (κ1) is 18.5. The second-order valence-electron chi connectivity index (χ2n) is 5.24. The van der Waals surface area contributed by atoms with E-state index in [9.17, 15) is 13.6 Å². The van der Waals surface area contributed by atoms with E-state index in [1.54, 1.807) is 24.3 Å². The first-order valence-corrected chi connectivity index (χ1v) is 8.62. The fraction of sp³-hybridized carbons (Fsp3) is 0.353. The van der Waals surface area contributed by atoms with Gasteiger partial charge >= 0.3 is 0 Å². The minimum absolute atomic E-state index is 0.110. The van der Waals surface area contributed by atoms with Gasteiger partial charge in [0.05, 0.1) is 12.3 Å². The summed E-state index contributed by atoms with van der Waals surface area (Å²) in [6, 6.07) is 10.8. The topological polar surface area (TPSA) is 54.3 Å². The normalized spacial score (nSPS) is 11.0. The van der Waals surface area contributed by atoms with Crippen molar-refractivity contribution < 1.29 is 18.0 Å². The smallest absolute Gasteiger partial charge is 0.284 e. The second-order valence-corrected chi connectivity index (χ2v) is 6.22. The van der Waals surface area contributed by atoms with E-state index in [1.165, 1.54) is 0 Å². The summed E-state index contributed by atoms with van der Waals surface area (Å²) < 4.78 is 29.6. The minimum atomic E-state index is -2.39. The monoisotopic (exact) mass is 354 g/mol. The Hall–Kier alpha value is -1.86. The maximum absolute atomic E-state index is 12.1. The molecule has 0 bridgehead atoms. The Bertz CT molecular complexity index is 644. The van der Waals surface area contributed by atoms with Crippen LogP contribution in [0, 0.1) is 6.92 Å². The van der Waals surface area contributed by atoms with Crippen molar-refractivity contribution in [3.63, 3.8) is 0 Å². The molecule has 0 aliphatic heterocycles. The van der Waals surface area contributed by atoms with E-state index in [0.29, 0.717) is 48.5 Å². The van der Waals surface area contributed by atoms with E-state index >= 15 is 0 Å². The van der Waals surface area contributed by atoms with Crippen LogP contribution in [0.5, 0.6) is 0 Å². The Kier molecular flexibility index (Phi) is 7.27. The van der Waals surface area contributed by atoms with Crippen molar-refractivity contribution in [1.29, 1.82) is 0 Å². The first-order chi connectivity index (χ1) is 11.5. The summed E-state index contributed by atoms with van der Waals surface area (Å²) in [5, 5.41) is 5.96. The van der Waals surface area contributed by atoms with Crippen LogP contribution in [0.2, 0.25) is 0 Å². The molecule has 0 unspecified atom stereocenters. The number of amides is 1. The van der Waals surface area contributed by atoms with Crippen LogP contribution in [0.4, 0.5) is 8.78 Å². The van der Waals surface area contributed by atoms with Crippen LogP contribution in [0.15, 0.2) is 40.8 Å². The molecule has 0 aliphatic rings. The molecular formula is C17H20F2N2O2S. The summed E-state index contributed by atoms with van der Waals surface area (Å²) in [7, 11) is 0. The number of hydrogen-bond acceptors (Lipinski definition) is 4. The Balaban J connectivity index is 1.62. The number of aryl methyl sites for hydroxylation is 1. The number of thioether (sulfide) groups is 1. The summed E-state index contributed by atoms with van der Waals surface area (Å²) in [5.74, 6) is -1.13. The average Bonchev–Trinajstić information content (AvgIpc) is 3.01. The third kappa shape index (κ3) is 6.33. The zero-order chi connectivity index (χ0) is 17.4. The van der Waals surface area contributed by atoms with Gasteiger partial charge in [0, 0.05) is 18.7 Å². The van der Waals surface area contributed by atoms with Crippen molar-refractivity contribution in [3.05, 3.63) is 59.0 Å². The molecule has 0 saturated carbocycles. The van der Waals surface area contributed by atoms with Crippen molar-refractivity contribution in [2.75, 3.05) is 13.1 Å². The molecule has 24 heavy (non-hydrogen) atoms. The van der Waals surface area contributed by atoms with Crippen molar-refractivity contribution >= 4 is 17.7 Å². The van der Waals surface area contributed by atoms with Gasteiger partial charge in [-0.3, -0.25) is 4.79 Å². The van der Waals surface area contributed by atoms with Gasteiger partial charge in [0.2, 0.25) is 0 Å². The average molecular weight is 354 g/mol. The van der Waals surface area contributed by atoms with Crippen molar-refractivity contribution in [1.82, 2.24) is 10.6 Å². The molecule has 2 N–H and O–H groups in total. The molecule has 1 aromatic carbocycles. The van der Waals surface area contributed by atoms with Crippen molar-refractivity contribution in [3.8, 4) is 0 Å². The number of carbonyl (C=O) groups is 1. The van der Waals surface area contributed by atoms with E-state index in [-0.39, 0.29) is 11.7 Å². The van der Waals surface area contributed by atoms with Gasteiger partial charge < -0.3 is 15.1 Å². The maximum atomic E-state index is 12.1. The third-order valence-corrected chi connectivity index (χ3v) is 3.97. The molecule has 130 valence electrons. The zero-order valence-corrected chi connectivity index (χ0v) is 14.2. The lowest BCUT2D eigenvalue weighted by molar-refractivity contribution is 0.0954. The molecule has 2 rings (SSSR count). The molecule has 0 radical (unpaired) electrons. The molecule has 0 saturated heterocycles.